The minimum atomic E-state index is -0.866. The molecule has 100 valence electrons. The van der Waals surface area contributed by atoms with E-state index in [4.69, 9.17) is 9.47 Å². The molecule has 2 aliphatic rings. The van der Waals surface area contributed by atoms with Crippen molar-refractivity contribution < 1.29 is 14.3 Å². The van der Waals surface area contributed by atoms with Gasteiger partial charge < -0.3 is 9.47 Å². The van der Waals surface area contributed by atoms with Crippen molar-refractivity contribution in [2.45, 2.75) is 24.2 Å². The third-order valence-corrected chi connectivity index (χ3v) is 4.32. The van der Waals surface area contributed by atoms with Crippen LogP contribution in [0.25, 0.3) is 0 Å². The molecule has 2 heterocycles. The largest absolute Gasteiger partial charge is 0.452 e. The van der Waals surface area contributed by atoms with Crippen LogP contribution in [0.3, 0.4) is 0 Å². The van der Waals surface area contributed by atoms with Gasteiger partial charge in [0.1, 0.15) is 0 Å². The summed E-state index contributed by atoms with van der Waals surface area (Å²) in [6.45, 7) is 1.81. The summed E-state index contributed by atoms with van der Waals surface area (Å²) in [5.74, 6) is -0.282. The molecule has 0 aliphatic carbocycles. The van der Waals surface area contributed by atoms with E-state index >= 15 is 0 Å². The molecule has 0 amide bonds. The number of carbonyl (C=O) groups is 1. The van der Waals surface area contributed by atoms with E-state index in [1.54, 1.807) is 0 Å². The van der Waals surface area contributed by atoms with Crippen LogP contribution >= 0.6 is 0 Å². The molecule has 3 nitrogen and oxygen atoms in total. The maximum Gasteiger partial charge on any atom is 0.342 e. The standard InChI is InChI=1S/C17H14O3/c1-16-15(18)19-14(12-8-4-2-5-9-12)17(16,20-16)13-10-6-3-7-11-13/h2-11,14H,1H3. The van der Waals surface area contributed by atoms with Crippen LogP contribution in [0.5, 0.6) is 0 Å². The Kier molecular flexibility index (Phi) is 2.16. The fourth-order valence-electron chi connectivity index (χ4n) is 3.20. The Morgan fingerprint density at radius 1 is 0.950 bits per heavy atom. The second-order valence-corrected chi connectivity index (χ2v) is 5.43. The second-order valence-electron chi connectivity index (χ2n) is 5.43. The van der Waals surface area contributed by atoms with E-state index in [1.165, 1.54) is 0 Å². The Labute approximate surface area is 117 Å². The van der Waals surface area contributed by atoms with Crippen molar-refractivity contribution >= 4 is 5.97 Å². The van der Waals surface area contributed by atoms with Gasteiger partial charge in [-0.2, -0.15) is 0 Å². The highest BCUT2D eigenvalue weighted by atomic mass is 16.7. The molecule has 2 saturated heterocycles. The van der Waals surface area contributed by atoms with Crippen molar-refractivity contribution in [3.05, 3.63) is 71.8 Å². The summed E-state index contributed by atoms with van der Waals surface area (Å²) in [6.07, 6.45) is -0.386. The van der Waals surface area contributed by atoms with Crippen LogP contribution in [0.2, 0.25) is 0 Å². The topological polar surface area (TPSA) is 38.8 Å². The number of epoxide rings is 1. The van der Waals surface area contributed by atoms with Crippen molar-refractivity contribution in [3.8, 4) is 0 Å². The number of rotatable bonds is 2. The molecule has 0 aromatic heterocycles. The molecule has 4 rings (SSSR count). The fraction of sp³-hybridized carbons (Fsp3) is 0.235. The molecular formula is C17H14O3. The summed E-state index contributed by atoms with van der Waals surface area (Å²) in [4.78, 5) is 12.2. The van der Waals surface area contributed by atoms with Gasteiger partial charge in [-0.3, -0.25) is 0 Å². The average Bonchev–Trinajstić information content (AvgIpc) is 3.08. The van der Waals surface area contributed by atoms with E-state index in [2.05, 4.69) is 0 Å². The number of carbonyl (C=O) groups excluding carboxylic acids is 1. The molecule has 2 aliphatic heterocycles. The smallest absolute Gasteiger partial charge is 0.342 e. The lowest BCUT2D eigenvalue weighted by Crippen LogP contribution is -2.23. The molecule has 20 heavy (non-hydrogen) atoms. The minimum absolute atomic E-state index is 0.282. The van der Waals surface area contributed by atoms with Crippen LogP contribution in [0, 0.1) is 0 Å². The average molecular weight is 266 g/mol. The Hall–Kier alpha value is -2.13. The van der Waals surface area contributed by atoms with Gasteiger partial charge >= 0.3 is 5.97 Å². The maximum atomic E-state index is 12.2. The van der Waals surface area contributed by atoms with E-state index in [9.17, 15) is 4.79 Å². The number of fused-ring (bicyclic) bond motifs is 1. The molecule has 0 saturated carbocycles. The number of hydrogen-bond acceptors (Lipinski definition) is 3. The van der Waals surface area contributed by atoms with Gasteiger partial charge in [0.15, 0.2) is 11.7 Å². The molecule has 0 spiro atoms. The molecule has 0 radical (unpaired) electrons. The summed E-state index contributed by atoms with van der Waals surface area (Å²) in [6, 6.07) is 19.6. The Morgan fingerprint density at radius 3 is 2.15 bits per heavy atom. The third kappa shape index (κ3) is 1.26. The van der Waals surface area contributed by atoms with Gasteiger partial charge in [-0.15, -0.1) is 0 Å². The normalized spacial score (nSPS) is 34.5. The lowest BCUT2D eigenvalue weighted by Gasteiger charge is -2.20. The number of ether oxygens (including phenoxy) is 2. The highest BCUT2D eigenvalue weighted by molar-refractivity contribution is 5.88. The van der Waals surface area contributed by atoms with Crippen LogP contribution < -0.4 is 0 Å². The first kappa shape index (κ1) is 11.7. The first-order chi connectivity index (χ1) is 9.68. The fourth-order valence-corrected chi connectivity index (χ4v) is 3.20. The molecular weight excluding hydrogens is 252 g/mol. The van der Waals surface area contributed by atoms with Crippen molar-refractivity contribution in [1.29, 1.82) is 0 Å². The molecule has 0 N–H and O–H groups in total. The van der Waals surface area contributed by atoms with E-state index in [-0.39, 0.29) is 12.1 Å². The molecule has 3 heteroatoms. The molecule has 3 unspecified atom stereocenters. The maximum absolute atomic E-state index is 12.2. The predicted molar refractivity (Wildman–Crippen MR) is 72.9 cm³/mol. The van der Waals surface area contributed by atoms with Crippen LogP contribution in [0.4, 0.5) is 0 Å². The second kappa shape index (κ2) is 3.70. The lowest BCUT2D eigenvalue weighted by atomic mass is 9.82. The minimum Gasteiger partial charge on any atom is -0.452 e. The van der Waals surface area contributed by atoms with Crippen molar-refractivity contribution in [1.82, 2.24) is 0 Å². The lowest BCUT2D eigenvalue weighted by molar-refractivity contribution is -0.155. The van der Waals surface area contributed by atoms with E-state index in [0.29, 0.717) is 0 Å². The number of esters is 1. The van der Waals surface area contributed by atoms with Gasteiger partial charge in [0.25, 0.3) is 0 Å². The predicted octanol–water partition coefficient (Wildman–Crippen LogP) is 2.97. The SMILES string of the molecule is CC12OC1(c1ccccc1)C(c1ccccc1)OC2=O. The molecule has 2 aromatic rings. The Bertz CT molecular complexity index is 667. The van der Waals surface area contributed by atoms with Gasteiger partial charge in [-0.25, -0.2) is 4.79 Å². The summed E-state index contributed by atoms with van der Waals surface area (Å²) in [5.41, 5.74) is 0.398. The van der Waals surface area contributed by atoms with E-state index in [0.717, 1.165) is 11.1 Å². The first-order valence-electron chi connectivity index (χ1n) is 6.70. The molecule has 2 aromatic carbocycles. The highest BCUT2D eigenvalue weighted by Crippen LogP contribution is 2.68. The highest BCUT2D eigenvalue weighted by Gasteiger charge is 2.82. The monoisotopic (exact) mass is 266 g/mol. The number of hydrogen-bond donors (Lipinski definition) is 0. The van der Waals surface area contributed by atoms with Crippen LogP contribution in [-0.4, -0.2) is 11.6 Å². The van der Waals surface area contributed by atoms with Gasteiger partial charge in [0.2, 0.25) is 5.60 Å². The van der Waals surface area contributed by atoms with Crippen LogP contribution in [-0.2, 0) is 19.9 Å². The van der Waals surface area contributed by atoms with Gasteiger partial charge in [-0.1, -0.05) is 60.7 Å². The van der Waals surface area contributed by atoms with Gasteiger partial charge in [-0.05, 0) is 18.1 Å². The van der Waals surface area contributed by atoms with Crippen molar-refractivity contribution in [2.24, 2.45) is 0 Å². The van der Waals surface area contributed by atoms with Crippen molar-refractivity contribution in [2.75, 3.05) is 0 Å². The third-order valence-electron chi connectivity index (χ3n) is 4.32. The van der Waals surface area contributed by atoms with Gasteiger partial charge in [0.05, 0.1) is 0 Å². The summed E-state index contributed by atoms with van der Waals surface area (Å²) in [7, 11) is 0. The van der Waals surface area contributed by atoms with Gasteiger partial charge in [0, 0.05) is 0 Å². The Balaban J connectivity index is 1.87. The summed E-state index contributed by atoms with van der Waals surface area (Å²) in [5, 5.41) is 0. The van der Waals surface area contributed by atoms with E-state index < -0.39 is 11.2 Å². The van der Waals surface area contributed by atoms with Crippen LogP contribution in [0.15, 0.2) is 60.7 Å². The molecule has 3 atom stereocenters. The van der Waals surface area contributed by atoms with Crippen molar-refractivity contribution in [3.63, 3.8) is 0 Å². The van der Waals surface area contributed by atoms with Crippen LogP contribution in [0.1, 0.15) is 24.2 Å². The zero-order chi connectivity index (χ0) is 13.8. The van der Waals surface area contributed by atoms with E-state index in [1.807, 2.05) is 67.6 Å². The number of cyclic esters (lactones) is 1. The number of benzene rings is 2. The zero-order valence-electron chi connectivity index (χ0n) is 11.1. The molecule has 0 bridgehead atoms. The first-order valence-corrected chi connectivity index (χ1v) is 6.70. The zero-order valence-corrected chi connectivity index (χ0v) is 11.1. The summed E-state index contributed by atoms with van der Waals surface area (Å²) >= 11 is 0. The quantitative estimate of drug-likeness (QED) is 0.619. The summed E-state index contributed by atoms with van der Waals surface area (Å²) < 4.78 is 11.5. The Morgan fingerprint density at radius 2 is 1.55 bits per heavy atom. The molecule has 2 fully saturated rings.